The van der Waals surface area contributed by atoms with Gasteiger partial charge in [-0.15, -0.1) is 0 Å². The molecule has 0 radical (unpaired) electrons. The first-order valence-corrected chi connectivity index (χ1v) is 6.83. The third kappa shape index (κ3) is 1.87. The summed E-state index contributed by atoms with van der Waals surface area (Å²) >= 11 is 0. The molecule has 4 rings (SSSR count). The topological polar surface area (TPSA) is 3.24 Å². The Morgan fingerprint density at radius 3 is 2.32 bits per heavy atom. The maximum Gasteiger partial charge on any atom is 0.212 e. The van der Waals surface area contributed by atoms with E-state index in [-0.39, 0.29) is 28.9 Å². The Labute approximate surface area is 149 Å². The van der Waals surface area contributed by atoms with Gasteiger partial charge in [-0.1, -0.05) is 66.2 Å². The smallest absolute Gasteiger partial charge is 0.212 e. The van der Waals surface area contributed by atoms with Crippen LogP contribution in [0.2, 0.25) is 6.82 Å². The van der Waals surface area contributed by atoms with Gasteiger partial charge in [-0.3, -0.25) is 0 Å². The zero-order valence-corrected chi connectivity index (χ0v) is 12.0. The molecule has 0 aromatic heterocycles. The van der Waals surface area contributed by atoms with E-state index in [0.717, 1.165) is 4.90 Å². The molecule has 0 saturated heterocycles. The van der Waals surface area contributed by atoms with Gasteiger partial charge in [-0.25, -0.2) is 0 Å². The lowest BCUT2D eigenvalue weighted by atomic mass is 9.40. The summed E-state index contributed by atoms with van der Waals surface area (Å²) in [6.07, 6.45) is 0. The molecule has 0 amide bonds. The fourth-order valence-electron chi connectivity index (χ4n) is 2.84. The lowest BCUT2D eigenvalue weighted by Crippen LogP contribution is -2.49. The molecule has 0 atom stereocenters. The van der Waals surface area contributed by atoms with Gasteiger partial charge in [-0.05, 0) is 36.6 Å². The number of hydrogen-bond donors (Lipinski definition) is 0. The summed E-state index contributed by atoms with van der Waals surface area (Å²) in [4.78, 5) is 1.08. The average Bonchev–Trinajstić information content (AvgIpc) is 2.81. The molecule has 0 unspecified atom stereocenters. The highest BCUT2D eigenvalue weighted by Gasteiger charge is 2.31. The number of nitrogens with zero attached hydrogens (tertiary/aromatic N) is 1. The predicted molar refractivity (Wildman–Crippen MR) is 96.7 cm³/mol. The number of hydrogen-bond acceptors (Lipinski definition) is 1. The molecule has 3 aromatic rings. The van der Waals surface area contributed by atoms with Crippen LogP contribution in [0.4, 0.5) is 17.1 Å². The van der Waals surface area contributed by atoms with Crippen molar-refractivity contribution in [2.45, 2.75) is 13.7 Å². The molecule has 3 aromatic carbocycles. The molecule has 0 aliphatic carbocycles. The highest BCUT2D eigenvalue weighted by molar-refractivity contribution is 6.87. The van der Waals surface area contributed by atoms with Crippen molar-refractivity contribution in [3.8, 4) is 0 Å². The quantitative estimate of drug-likeness (QED) is 0.613. The molecule has 1 aliphatic rings. The third-order valence-corrected chi connectivity index (χ3v) is 3.81. The van der Waals surface area contributed by atoms with Crippen LogP contribution in [0.15, 0.2) is 72.5 Å². The number of para-hydroxylation sites is 2. The fourth-order valence-corrected chi connectivity index (χ4v) is 2.84. The maximum absolute atomic E-state index is 8.64. The van der Waals surface area contributed by atoms with Crippen molar-refractivity contribution >= 4 is 34.7 Å². The number of rotatable bonds is 1. The van der Waals surface area contributed by atoms with E-state index < -0.39 is 72.8 Å². The highest BCUT2D eigenvalue weighted by Crippen LogP contribution is 2.35. The summed E-state index contributed by atoms with van der Waals surface area (Å²) in [6.45, 7) is 2.50. The van der Waals surface area contributed by atoms with Crippen LogP contribution in [0.5, 0.6) is 0 Å². The van der Waals surface area contributed by atoms with E-state index in [1.165, 1.54) is 0 Å². The zero-order valence-electron chi connectivity index (χ0n) is 24.0. The first kappa shape index (κ1) is 5.62. The number of fused-ring (bicyclic) bond motifs is 2. The summed E-state index contributed by atoms with van der Waals surface area (Å²) in [6, 6.07) is -6.22. The second-order valence-electron chi connectivity index (χ2n) is 5.06. The molecule has 0 spiro atoms. The molecule has 2 heteroatoms. The largest absolute Gasteiger partial charge is 0.312 e. The van der Waals surface area contributed by atoms with Gasteiger partial charge in [0.15, 0.2) is 0 Å². The monoisotopic (exact) mass is 295 g/mol. The van der Waals surface area contributed by atoms with Crippen molar-refractivity contribution in [2.24, 2.45) is 0 Å². The third-order valence-electron chi connectivity index (χ3n) is 3.81. The van der Waals surface area contributed by atoms with Crippen molar-refractivity contribution in [1.82, 2.24) is 0 Å². The molecule has 0 saturated carbocycles. The second-order valence-corrected chi connectivity index (χ2v) is 5.06. The first-order chi connectivity index (χ1) is 15.7. The standard InChI is InChI=1S/C20H18BN/c1-15-9-8-14-19-20(15)21(2)17-12-6-7-13-18(17)22(19)16-10-4-3-5-11-16/h3-14H,1-2H3/i3D,4D,5D,6D,7D,8D,9D,10D,11D,12D,13D,14D. The Morgan fingerprint density at radius 1 is 0.818 bits per heavy atom. The number of anilines is 3. The van der Waals surface area contributed by atoms with Crippen molar-refractivity contribution in [2.75, 3.05) is 4.90 Å². The molecular formula is C20H18BN. The van der Waals surface area contributed by atoms with E-state index in [2.05, 4.69) is 0 Å². The van der Waals surface area contributed by atoms with E-state index in [1.54, 1.807) is 13.7 Å². The van der Waals surface area contributed by atoms with Gasteiger partial charge in [0.2, 0.25) is 6.71 Å². The summed E-state index contributed by atoms with van der Waals surface area (Å²) in [5, 5.41) is 0. The van der Waals surface area contributed by atoms with Gasteiger partial charge in [0.25, 0.3) is 0 Å². The van der Waals surface area contributed by atoms with Crippen LogP contribution in [-0.2, 0) is 0 Å². The summed E-state index contributed by atoms with van der Waals surface area (Å²) < 4.78 is 99.8. The highest BCUT2D eigenvalue weighted by atomic mass is 15.1. The Balaban J connectivity index is 2.32. The molecular weight excluding hydrogens is 265 g/mol. The Bertz CT molecular complexity index is 1320. The van der Waals surface area contributed by atoms with Gasteiger partial charge >= 0.3 is 0 Å². The molecule has 22 heavy (non-hydrogen) atoms. The minimum absolute atomic E-state index is 0.0398. The van der Waals surface area contributed by atoms with Gasteiger partial charge < -0.3 is 4.90 Å². The fraction of sp³-hybridized carbons (Fsp3) is 0.100. The molecule has 0 N–H and O–H groups in total. The van der Waals surface area contributed by atoms with E-state index in [1.807, 2.05) is 0 Å². The summed E-state index contributed by atoms with van der Waals surface area (Å²) in [5.74, 6) is 0. The average molecular weight is 295 g/mol. The lowest BCUT2D eigenvalue weighted by molar-refractivity contribution is 1.28. The summed E-state index contributed by atoms with van der Waals surface area (Å²) in [7, 11) is 0. The van der Waals surface area contributed by atoms with Crippen LogP contribution in [0.25, 0.3) is 0 Å². The van der Waals surface area contributed by atoms with Crippen LogP contribution < -0.4 is 15.8 Å². The molecule has 1 aliphatic heterocycles. The normalized spacial score (nSPS) is 20.5. The zero-order chi connectivity index (χ0) is 25.5. The second kappa shape index (κ2) is 5.06. The van der Waals surface area contributed by atoms with E-state index in [9.17, 15) is 0 Å². The Morgan fingerprint density at radius 2 is 1.50 bits per heavy atom. The first-order valence-electron chi connectivity index (χ1n) is 12.8. The maximum atomic E-state index is 8.64. The van der Waals surface area contributed by atoms with Crippen molar-refractivity contribution in [3.63, 3.8) is 0 Å². The van der Waals surface area contributed by atoms with Crippen molar-refractivity contribution in [1.29, 1.82) is 0 Å². The molecule has 106 valence electrons. The van der Waals surface area contributed by atoms with Crippen molar-refractivity contribution in [3.05, 3.63) is 78.1 Å². The van der Waals surface area contributed by atoms with Gasteiger partial charge in [0.1, 0.15) is 0 Å². The molecule has 1 nitrogen and oxygen atoms in total. The molecule has 0 fully saturated rings. The van der Waals surface area contributed by atoms with Crippen LogP contribution in [0, 0.1) is 6.92 Å². The van der Waals surface area contributed by atoms with Crippen LogP contribution in [0.3, 0.4) is 0 Å². The Kier molecular flexibility index (Phi) is 1.29. The number of benzene rings is 3. The van der Waals surface area contributed by atoms with Crippen LogP contribution in [0.1, 0.15) is 22.0 Å². The van der Waals surface area contributed by atoms with Gasteiger partial charge in [-0.2, -0.15) is 0 Å². The van der Waals surface area contributed by atoms with E-state index >= 15 is 0 Å². The summed E-state index contributed by atoms with van der Waals surface area (Å²) in [5.41, 5.74) is 0.172. The van der Waals surface area contributed by atoms with Gasteiger partial charge in [0, 0.05) is 17.1 Å². The lowest BCUT2D eigenvalue weighted by Gasteiger charge is -2.36. The SMILES string of the molecule is [2H]c1c([2H])c([2H])c(N2c3c([2H])c([2H])c([2H])c([2H])c3B(C)c3c(C)c([2H])c([2H])c([2H])c32)c([2H])c1[2H]. The molecule has 1 heterocycles. The van der Waals surface area contributed by atoms with E-state index in [4.69, 9.17) is 16.4 Å². The minimum atomic E-state index is -0.721. The van der Waals surface area contributed by atoms with E-state index in [0.29, 0.717) is 11.0 Å². The van der Waals surface area contributed by atoms with Crippen molar-refractivity contribution < 1.29 is 16.4 Å². The van der Waals surface area contributed by atoms with Crippen LogP contribution >= 0.6 is 0 Å². The van der Waals surface area contributed by atoms with Gasteiger partial charge in [0.05, 0.1) is 16.4 Å². The Hall–Kier alpha value is -2.48. The minimum Gasteiger partial charge on any atom is -0.312 e. The van der Waals surface area contributed by atoms with Crippen LogP contribution in [-0.4, -0.2) is 6.71 Å². The predicted octanol–water partition coefficient (Wildman–Crippen LogP) is 4.02. The molecule has 0 bridgehead atoms.